The Kier molecular flexibility index (Phi) is 12.6. The first kappa shape index (κ1) is 38.5. The summed E-state index contributed by atoms with van der Waals surface area (Å²) in [6.07, 6.45) is 0. The van der Waals surface area contributed by atoms with Crippen LogP contribution >= 0.6 is 46.4 Å². The van der Waals surface area contributed by atoms with Crippen LogP contribution in [-0.2, 0) is 0 Å². The Bertz CT molecular complexity index is 2150. The zero-order chi connectivity index (χ0) is 37.6. The number of aromatic carboxylic acids is 1. The molecule has 51 heavy (non-hydrogen) atoms. The minimum Gasteiger partial charge on any atom is -0.493 e. The van der Waals surface area contributed by atoms with E-state index in [1.54, 1.807) is 12.1 Å². The van der Waals surface area contributed by atoms with Crippen LogP contribution in [-0.4, -0.2) is 37.1 Å². The van der Waals surface area contributed by atoms with E-state index in [1.165, 1.54) is 62.8 Å². The molecule has 0 unspecified atom stereocenters. The zero-order valence-corrected chi connectivity index (χ0v) is 29.3. The van der Waals surface area contributed by atoms with Gasteiger partial charge in [0.05, 0.1) is 39.9 Å². The van der Waals surface area contributed by atoms with Crippen molar-refractivity contribution < 1.29 is 47.2 Å². The number of benzene rings is 5. The number of ether oxygens (including phenoxy) is 4. The molecule has 264 valence electrons. The number of carbonyl (C=O) groups is 3. The van der Waals surface area contributed by atoms with Crippen LogP contribution in [0.4, 0.5) is 8.78 Å². The third-order valence-electron chi connectivity index (χ3n) is 6.83. The van der Waals surface area contributed by atoms with Crippen molar-refractivity contribution in [3.05, 3.63) is 127 Å². The summed E-state index contributed by atoms with van der Waals surface area (Å²) in [6.45, 7) is 0. The SMILES string of the molecule is COc1cc(F)ccc1Oc1c(C(N)=O)cc(Cl)c(Cl)c1-c1ccc(C(N)=O)cc1.COc1cc(F)ccc1Oc1cc(Cl)c(Cl)cc1C(=O)O. The van der Waals surface area contributed by atoms with Gasteiger partial charge in [0, 0.05) is 29.3 Å². The molecule has 0 aliphatic carbocycles. The average Bonchev–Trinajstić information content (AvgIpc) is 3.09. The molecule has 0 radical (unpaired) electrons. The van der Waals surface area contributed by atoms with Crippen LogP contribution in [0.1, 0.15) is 31.1 Å². The number of methoxy groups -OCH3 is 2. The third-order valence-corrected chi connectivity index (χ3v) is 8.34. The fourth-order valence-electron chi connectivity index (χ4n) is 4.42. The zero-order valence-electron chi connectivity index (χ0n) is 26.2. The summed E-state index contributed by atoms with van der Waals surface area (Å²) >= 11 is 24.3. The molecule has 0 aromatic heterocycles. The van der Waals surface area contributed by atoms with Crippen LogP contribution in [0.25, 0.3) is 11.1 Å². The van der Waals surface area contributed by atoms with Gasteiger partial charge in [0.15, 0.2) is 23.0 Å². The maximum absolute atomic E-state index is 13.6. The van der Waals surface area contributed by atoms with Gasteiger partial charge in [-0.2, -0.15) is 0 Å². The molecule has 0 aliphatic heterocycles. The highest BCUT2D eigenvalue weighted by Crippen LogP contribution is 2.46. The number of hydrogen-bond acceptors (Lipinski definition) is 7. The minimum atomic E-state index is -1.23. The van der Waals surface area contributed by atoms with E-state index in [2.05, 4.69) is 0 Å². The van der Waals surface area contributed by atoms with Gasteiger partial charge in [-0.05, 0) is 54.1 Å². The Morgan fingerprint density at radius 2 is 1.12 bits per heavy atom. The summed E-state index contributed by atoms with van der Waals surface area (Å²) in [5.74, 6) is -3.25. The summed E-state index contributed by atoms with van der Waals surface area (Å²) < 4.78 is 48.2. The molecule has 0 aliphatic rings. The van der Waals surface area contributed by atoms with Crippen molar-refractivity contribution in [3.8, 4) is 45.6 Å². The molecule has 16 heteroatoms. The smallest absolute Gasteiger partial charge is 0.339 e. The molecular weight excluding hydrogens is 756 g/mol. The Morgan fingerprint density at radius 3 is 1.61 bits per heavy atom. The molecule has 10 nitrogen and oxygen atoms in total. The molecule has 0 spiro atoms. The number of rotatable bonds is 10. The Balaban J connectivity index is 0.000000244. The Labute approximate surface area is 308 Å². The summed E-state index contributed by atoms with van der Waals surface area (Å²) in [5.41, 5.74) is 11.6. The predicted octanol–water partition coefficient (Wildman–Crippen LogP) is 9.43. The molecule has 5 aromatic rings. The highest BCUT2D eigenvalue weighted by atomic mass is 35.5. The normalized spacial score (nSPS) is 10.4. The standard InChI is InChI=1S/C21H15Cl2FN2O4.C14H9Cl2FO4/c1-29-16-8-12(24)6-7-15(16)30-19-13(21(26)28)9-14(22)18(23)17(19)10-2-4-11(5-3-10)20(25)27;1-20-13-4-7(17)2-3-11(13)21-12-6-10(16)9(15)5-8(12)14(18)19/h2-9H,1H3,(H2,25,27)(H2,26,28);2-6H,1H3,(H,18,19). The van der Waals surface area contributed by atoms with Gasteiger partial charge in [-0.15, -0.1) is 0 Å². The number of nitrogens with two attached hydrogens (primary N) is 2. The van der Waals surface area contributed by atoms with Gasteiger partial charge in [-0.25, -0.2) is 13.6 Å². The quantitative estimate of drug-likeness (QED) is 0.126. The van der Waals surface area contributed by atoms with Gasteiger partial charge >= 0.3 is 5.97 Å². The van der Waals surface area contributed by atoms with Crippen LogP contribution < -0.4 is 30.4 Å². The number of halogens is 6. The van der Waals surface area contributed by atoms with Crippen molar-refractivity contribution in [3.63, 3.8) is 0 Å². The number of amides is 2. The van der Waals surface area contributed by atoms with E-state index in [0.717, 1.165) is 18.2 Å². The molecule has 0 fully saturated rings. The molecule has 5 rings (SSSR count). The Morgan fingerprint density at radius 1 is 0.608 bits per heavy atom. The van der Waals surface area contributed by atoms with Crippen molar-refractivity contribution in [1.29, 1.82) is 0 Å². The van der Waals surface area contributed by atoms with Crippen molar-refractivity contribution in [1.82, 2.24) is 0 Å². The summed E-state index contributed by atoms with van der Waals surface area (Å²) in [5, 5.41) is 9.54. The van der Waals surface area contributed by atoms with Gasteiger partial charge in [-0.1, -0.05) is 58.5 Å². The van der Waals surface area contributed by atoms with E-state index >= 15 is 0 Å². The molecule has 0 atom stereocenters. The lowest BCUT2D eigenvalue weighted by molar-refractivity contribution is 0.0693. The fraction of sp³-hybridized carbons (Fsp3) is 0.0571. The lowest BCUT2D eigenvalue weighted by Gasteiger charge is -2.18. The maximum atomic E-state index is 13.6. The maximum Gasteiger partial charge on any atom is 0.339 e. The van der Waals surface area contributed by atoms with Gasteiger partial charge in [0.25, 0.3) is 5.91 Å². The monoisotopic (exact) mass is 778 g/mol. The lowest BCUT2D eigenvalue weighted by Crippen LogP contribution is -2.13. The first-order valence-corrected chi connectivity index (χ1v) is 15.6. The second-order valence-electron chi connectivity index (χ2n) is 10.1. The van der Waals surface area contributed by atoms with Gasteiger partial charge in [0.1, 0.15) is 28.7 Å². The summed E-state index contributed by atoms with van der Waals surface area (Å²) in [4.78, 5) is 34.7. The number of hydrogen-bond donors (Lipinski definition) is 3. The summed E-state index contributed by atoms with van der Waals surface area (Å²) in [6, 6.07) is 17.1. The highest BCUT2D eigenvalue weighted by Gasteiger charge is 2.24. The molecule has 0 bridgehead atoms. The fourth-order valence-corrected chi connectivity index (χ4v) is 5.19. The molecule has 2 amide bonds. The minimum absolute atomic E-state index is 0.00590. The van der Waals surface area contributed by atoms with Gasteiger partial charge in [-0.3, -0.25) is 9.59 Å². The third kappa shape index (κ3) is 9.10. The molecular formula is C35H24Cl4F2N2O8. The summed E-state index contributed by atoms with van der Waals surface area (Å²) in [7, 11) is 2.68. The first-order valence-electron chi connectivity index (χ1n) is 14.1. The van der Waals surface area contributed by atoms with E-state index in [-0.39, 0.29) is 76.8 Å². The number of carbonyl (C=O) groups excluding carboxylic acids is 2. The predicted molar refractivity (Wildman–Crippen MR) is 188 cm³/mol. The number of carboxylic acid groups (broad SMARTS) is 1. The van der Waals surface area contributed by atoms with Crippen molar-refractivity contribution in [2.75, 3.05) is 14.2 Å². The van der Waals surface area contributed by atoms with Crippen LogP contribution in [0.3, 0.4) is 0 Å². The van der Waals surface area contributed by atoms with Gasteiger partial charge in [0.2, 0.25) is 5.91 Å². The molecule has 0 heterocycles. The van der Waals surface area contributed by atoms with E-state index in [0.29, 0.717) is 5.56 Å². The second kappa shape index (κ2) is 16.6. The molecule has 0 saturated heterocycles. The first-order chi connectivity index (χ1) is 24.1. The van der Waals surface area contributed by atoms with E-state index in [4.69, 9.17) is 81.9 Å². The topological polar surface area (TPSA) is 160 Å². The lowest BCUT2D eigenvalue weighted by atomic mass is 9.99. The van der Waals surface area contributed by atoms with Crippen LogP contribution in [0.15, 0.2) is 78.9 Å². The van der Waals surface area contributed by atoms with Crippen molar-refractivity contribution in [2.24, 2.45) is 11.5 Å². The highest BCUT2D eigenvalue weighted by molar-refractivity contribution is 6.44. The molecule has 0 saturated carbocycles. The van der Waals surface area contributed by atoms with Crippen molar-refractivity contribution in [2.45, 2.75) is 0 Å². The molecule has 5 aromatic carbocycles. The number of primary amides is 2. The molecule has 5 N–H and O–H groups in total. The van der Waals surface area contributed by atoms with E-state index in [1.807, 2.05) is 0 Å². The number of carboxylic acids is 1. The Hall–Kier alpha value is -5.27. The van der Waals surface area contributed by atoms with E-state index in [9.17, 15) is 23.2 Å². The van der Waals surface area contributed by atoms with Gasteiger partial charge < -0.3 is 35.5 Å². The van der Waals surface area contributed by atoms with Crippen LogP contribution in [0.5, 0.6) is 34.5 Å². The van der Waals surface area contributed by atoms with Crippen LogP contribution in [0, 0.1) is 11.6 Å². The van der Waals surface area contributed by atoms with E-state index < -0.39 is 29.4 Å². The average molecular weight is 780 g/mol. The van der Waals surface area contributed by atoms with Crippen molar-refractivity contribution >= 4 is 64.2 Å². The second-order valence-corrected chi connectivity index (χ2v) is 11.7. The largest absolute Gasteiger partial charge is 0.493 e. The van der Waals surface area contributed by atoms with Crippen LogP contribution in [0.2, 0.25) is 20.1 Å².